The van der Waals surface area contributed by atoms with E-state index in [1.807, 2.05) is 36.4 Å². The normalized spacial score (nSPS) is 18.5. The fraction of sp³-hybridized carbons (Fsp3) is 0.214. The number of benzene rings is 2. The zero-order valence-corrected chi connectivity index (χ0v) is 9.47. The first kappa shape index (κ1) is 10.3. The summed E-state index contributed by atoms with van der Waals surface area (Å²) in [5.41, 5.74) is 1.01. The molecular weight excluding hydrogens is 216 g/mol. The zero-order chi connectivity index (χ0) is 11.8. The molecule has 1 heterocycles. The van der Waals surface area contributed by atoms with E-state index in [9.17, 15) is 4.79 Å². The van der Waals surface area contributed by atoms with Crippen molar-refractivity contribution in [1.82, 2.24) is 0 Å². The van der Waals surface area contributed by atoms with Gasteiger partial charge in [-0.15, -0.1) is 0 Å². The molecule has 1 unspecified atom stereocenters. The lowest BCUT2D eigenvalue weighted by molar-refractivity contribution is -0.154. The van der Waals surface area contributed by atoms with Gasteiger partial charge in [-0.05, 0) is 16.8 Å². The van der Waals surface area contributed by atoms with Gasteiger partial charge in [0.05, 0.1) is 6.61 Å². The first-order valence-electron chi connectivity index (χ1n) is 5.55. The molecule has 1 aliphatic heterocycles. The molecule has 0 spiro atoms. The van der Waals surface area contributed by atoms with E-state index >= 15 is 0 Å². The van der Waals surface area contributed by atoms with Crippen LogP contribution in [0.25, 0.3) is 10.8 Å². The predicted octanol–water partition coefficient (Wildman–Crippen LogP) is 2.66. The molecule has 0 fully saturated rings. The third kappa shape index (κ3) is 1.68. The van der Waals surface area contributed by atoms with Crippen molar-refractivity contribution < 1.29 is 14.3 Å². The van der Waals surface area contributed by atoms with Crippen molar-refractivity contribution in [3.8, 4) is 5.75 Å². The largest absolute Gasteiger partial charge is 0.457 e. The maximum absolute atomic E-state index is 11.2. The van der Waals surface area contributed by atoms with Gasteiger partial charge < -0.3 is 9.47 Å². The Bertz CT molecular complexity index is 589. The second kappa shape index (κ2) is 3.86. The van der Waals surface area contributed by atoms with Crippen LogP contribution in [0, 0.1) is 0 Å². The quantitative estimate of drug-likeness (QED) is 0.752. The molecule has 0 N–H and O–H groups in total. The highest BCUT2D eigenvalue weighted by molar-refractivity contribution is 5.88. The SMILES string of the molecule is CC(=O)C1OCc2c(ccc3ccccc23)O1. The third-order valence-electron chi connectivity index (χ3n) is 2.94. The van der Waals surface area contributed by atoms with Crippen LogP contribution in [0.5, 0.6) is 5.75 Å². The number of carbonyl (C=O) groups is 1. The smallest absolute Gasteiger partial charge is 0.259 e. The molecule has 86 valence electrons. The average molecular weight is 228 g/mol. The van der Waals surface area contributed by atoms with Gasteiger partial charge in [-0.25, -0.2) is 0 Å². The van der Waals surface area contributed by atoms with Crippen LogP contribution in [0.4, 0.5) is 0 Å². The Morgan fingerprint density at radius 1 is 1.24 bits per heavy atom. The van der Waals surface area contributed by atoms with Gasteiger partial charge >= 0.3 is 0 Å². The molecule has 2 aromatic carbocycles. The van der Waals surface area contributed by atoms with Gasteiger partial charge in [0.25, 0.3) is 6.29 Å². The van der Waals surface area contributed by atoms with Crippen LogP contribution in [0.1, 0.15) is 12.5 Å². The fourth-order valence-electron chi connectivity index (χ4n) is 2.08. The molecule has 0 radical (unpaired) electrons. The summed E-state index contributed by atoms with van der Waals surface area (Å²) in [7, 11) is 0. The number of fused-ring (bicyclic) bond motifs is 3. The summed E-state index contributed by atoms with van der Waals surface area (Å²) in [6.07, 6.45) is -0.760. The van der Waals surface area contributed by atoms with Gasteiger partial charge in [0.15, 0.2) is 5.78 Å². The average Bonchev–Trinajstić information content (AvgIpc) is 2.38. The Balaban J connectivity index is 2.11. The molecule has 17 heavy (non-hydrogen) atoms. The van der Waals surface area contributed by atoms with E-state index in [0.29, 0.717) is 6.61 Å². The number of Topliss-reactive ketones (excluding diaryl/α,β-unsaturated/α-hetero) is 1. The number of hydrogen-bond acceptors (Lipinski definition) is 3. The minimum absolute atomic E-state index is 0.108. The Hall–Kier alpha value is -1.87. The lowest BCUT2D eigenvalue weighted by atomic mass is 10.0. The second-order valence-corrected chi connectivity index (χ2v) is 4.13. The molecule has 0 aromatic heterocycles. The number of ether oxygens (including phenoxy) is 2. The van der Waals surface area contributed by atoms with Crippen LogP contribution in [0.2, 0.25) is 0 Å². The van der Waals surface area contributed by atoms with Gasteiger partial charge in [0.2, 0.25) is 0 Å². The minimum Gasteiger partial charge on any atom is -0.457 e. The minimum atomic E-state index is -0.760. The Labute approximate surface area is 99.0 Å². The molecular formula is C14H12O3. The summed E-state index contributed by atoms with van der Waals surface area (Å²) in [6, 6.07) is 12.0. The highest BCUT2D eigenvalue weighted by atomic mass is 16.7. The van der Waals surface area contributed by atoms with Crippen LogP contribution >= 0.6 is 0 Å². The summed E-state index contributed by atoms with van der Waals surface area (Å²) in [6.45, 7) is 1.89. The van der Waals surface area contributed by atoms with Gasteiger partial charge in [0.1, 0.15) is 5.75 Å². The highest BCUT2D eigenvalue weighted by Crippen LogP contribution is 2.32. The van der Waals surface area contributed by atoms with E-state index in [1.54, 1.807) is 0 Å². The number of ketones is 1. The van der Waals surface area contributed by atoms with Crippen LogP contribution in [-0.4, -0.2) is 12.1 Å². The van der Waals surface area contributed by atoms with Crippen molar-refractivity contribution in [2.75, 3.05) is 0 Å². The molecule has 3 heteroatoms. The molecule has 3 nitrogen and oxygen atoms in total. The third-order valence-corrected chi connectivity index (χ3v) is 2.94. The van der Waals surface area contributed by atoms with Gasteiger partial charge in [-0.2, -0.15) is 0 Å². The van der Waals surface area contributed by atoms with Gasteiger partial charge in [-0.1, -0.05) is 30.3 Å². The Kier molecular flexibility index (Phi) is 2.34. The topological polar surface area (TPSA) is 35.5 Å². The van der Waals surface area contributed by atoms with Gasteiger partial charge in [0, 0.05) is 12.5 Å². The second-order valence-electron chi connectivity index (χ2n) is 4.13. The van der Waals surface area contributed by atoms with E-state index in [4.69, 9.17) is 9.47 Å². The molecule has 0 bridgehead atoms. The first-order chi connectivity index (χ1) is 8.25. The summed E-state index contributed by atoms with van der Waals surface area (Å²) in [5, 5.41) is 2.27. The van der Waals surface area contributed by atoms with Crippen LogP contribution in [0.3, 0.4) is 0 Å². The summed E-state index contributed by atoms with van der Waals surface area (Å²) < 4.78 is 10.9. The molecule has 0 saturated heterocycles. The summed E-state index contributed by atoms with van der Waals surface area (Å²) in [4.78, 5) is 11.2. The van der Waals surface area contributed by atoms with Crippen LogP contribution < -0.4 is 4.74 Å². The number of rotatable bonds is 1. The Morgan fingerprint density at radius 3 is 2.88 bits per heavy atom. The lowest BCUT2D eigenvalue weighted by Crippen LogP contribution is -2.31. The van der Waals surface area contributed by atoms with E-state index in [1.165, 1.54) is 6.92 Å². The van der Waals surface area contributed by atoms with Crippen molar-refractivity contribution in [3.63, 3.8) is 0 Å². The number of hydrogen-bond donors (Lipinski definition) is 0. The van der Waals surface area contributed by atoms with Crippen LogP contribution in [0.15, 0.2) is 36.4 Å². The number of carbonyl (C=O) groups excluding carboxylic acids is 1. The van der Waals surface area contributed by atoms with Gasteiger partial charge in [-0.3, -0.25) is 4.79 Å². The zero-order valence-electron chi connectivity index (χ0n) is 9.47. The molecule has 0 aliphatic carbocycles. The van der Waals surface area contributed by atoms with E-state index in [2.05, 4.69) is 0 Å². The maximum Gasteiger partial charge on any atom is 0.259 e. The summed E-state index contributed by atoms with van der Waals surface area (Å²) >= 11 is 0. The lowest BCUT2D eigenvalue weighted by Gasteiger charge is -2.25. The molecule has 3 rings (SSSR count). The van der Waals surface area contributed by atoms with E-state index in [-0.39, 0.29) is 5.78 Å². The molecule has 1 aliphatic rings. The standard InChI is InChI=1S/C14H12O3/c1-9(15)14-16-8-12-11-5-3-2-4-10(11)6-7-13(12)17-14/h2-7,14H,8H2,1H3. The van der Waals surface area contributed by atoms with Crippen molar-refractivity contribution in [2.45, 2.75) is 19.8 Å². The van der Waals surface area contributed by atoms with Crippen molar-refractivity contribution >= 4 is 16.6 Å². The molecule has 0 amide bonds. The Morgan fingerprint density at radius 2 is 2.06 bits per heavy atom. The highest BCUT2D eigenvalue weighted by Gasteiger charge is 2.24. The first-order valence-corrected chi connectivity index (χ1v) is 5.55. The molecule has 0 saturated carbocycles. The van der Waals surface area contributed by atoms with E-state index in [0.717, 1.165) is 22.1 Å². The molecule has 2 aromatic rings. The van der Waals surface area contributed by atoms with E-state index < -0.39 is 6.29 Å². The summed E-state index contributed by atoms with van der Waals surface area (Å²) in [5.74, 6) is 0.638. The van der Waals surface area contributed by atoms with Crippen molar-refractivity contribution in [1.29, 1.82) is 0 Å². The maximum atomic E-state index is 11.2. The monoisotopic (exact) mass is 228 g/mol. The van der Waals surface area contributed by atoms with Crippen molar-refractivity contribution in [3.05, 3.63) is 42.0 Å². The molecule has 1 atom stereocenters. The predicted molar refractivity (Wildman–Crippen MR) is 63.8 cm³/mol. The fourth-order valence-corrected chi connectivity index (χ4v) is 2.08. The van der Waals surface area contributed by atoms with Crippen molar-refractivity contribution in [2.24, 2.45) is 0 Å². The van der Waals surface area contributed by atoms with Crippen LogP contribution in [-0.2, 0) is 16.1 Å².